The van der Waals surface area contributed by atoms with Crippen molar-refractivity contribution >= 4 is 0 Å². The molecule has 0 atom stereocenters. The molecule has 0 saturated heterocycles. The summed E-state index contributed by atoms with van der Waals surface area (Å²) in [5.74, 6) is -0.598. The van der Waals surface area contributed by atoms with E-state index in [1.165, 1.54) is 0 Å². The summed E-state index contributed by atoms with van der Waals surface area (Å²) in [6.45, 7) is 0. The van der Waals surface area contributed by atoms with E-state index in [2.05, 4.69) is 11.1 Å². The highest BCUT2D eigenvalue weighted by Crippen LogP contribution is 2.51. The van der Waals surface area contributed by atoms with Crippen LogP contribution in [-0.4, -0.2) is 25.0 Å². The summed E-state index contributed by atoms with van der Waals surface area (Å²) in [5.41, 5.74) is 0.490. The third-order valence-electron chi connectivity index (χ3n) is 3.33. The van der Waals surface area contributed by atoms with E-state index in [0.717, 1.165) is 5.56 Å². The Kier molecular flexibility index (Phi) is 2.66. The summed E-state index contributed by atoms with van der Waals surface area (Å²) in [7, 11) is 3.22. The largest absolute Gasteiger partial charge is 0.353 e. The highest BCUT2D eigenvalue weighted by Gasteiger charge is 2.57. The Hall–Kier alpha value is -1.44. The number of pyridine rings is 1. The predicted octanol–water partition coefficient (Wildman–Crippen LogP) is 1.63. The smallest absolute Gasteiger partial charge is 0.171 e. The van der Waals surface area contributed by atoms with Gasteiger partial charge in [-0.15, -0.1) is 0 Å². The monoisotopic (exact) mass is 218 g/mol. The zero-order valence-electron chi connectivity index (χ0n) is 9.43. The Morgan fingerprint density at radius 3 is 2.25 bits per heavy atom. The first-order valence-corrected chi connectivity index (χ1v) is 5.12. The first-order valence-electron chi connectivity index (χ1n) is 5.12. The van der Waals surface area contributed by atoms with Crippen LogP contribution in [0.5, 0.6) is 0 Å². The van der Waals surface area contributed by atoms with Crippen molar-refractivity contribution in [3.63, 3.8) is 0 Å². The van der Waals surface area contributed by atoms with Crippen LogP contribution in [0, 0.1) is 11.3 Å². The van der Waals surface area contributed by atoms with Gasteiger partial charge in [-0.25, -0.2) is 0 Å². The normalized spacial score (nSPS) is 20.8. The second kappa shape index (κ2) is 3.85. The Morgan fingerprint density at radius 1 is 1.25 bits per heavy atom. The minimum Gasteiger partial charge on any atom is -0.353 e. The van der Waals surface area contributed by atoms with Crippen LogP contribution < -0.4 is 0 Å². The van der Waals surface area contributed by atoms with Crippen LogP contribution in [0.15, 0.2) is 24.5 Å². The van der Waals surface area contributed by atoms with E-state index in [1.807, 2.05) is 12.1 Å². The lowest BCUT2D eigenvalue weighted by Crippen LogP contribution is -2.56. The lowest BCUT2D eigenvalue weighted by molar-refractivity contribution is -0.269. The van der Waals surface area contributed by atoms with E-state index >= 15 is 0 Å². The Labute approximate surface area is 94.8 Å². The number of rotatable bonds is 3. The van der Waals surface area contributed by atoms with Gasteiger partial charge in [0.05, 0.1) is 11.5 Å². The quantitative estimate of drug-likeness (QED) is 0.723. The number of hydrogen-bond donors (Lipinski definition) is 0. The topological polar surface area (TPSA) is 55.1 Å². The average molecular weight is 218 g/mol. The van der Waals surface area contributed by atoms with Crippen molar-refractivity contribution in [1.82, 2.24) is 4.98 Å². The molecule has 84 valence electrons. The van der Waals surface area contributed by atoms with Crippen molar-refractivity contribution in [1.29, 1.82) is 5.26 Å². The van der Waals surface area contributed by atoms with Gasteiger partial charge >= 0.3 is 0 Å². The average Bonchev–Trinajstić information content (AvgIpc) is 2.31. The second-order valence-electron chi connectivity index (χ2n) is 4.10. The molecule has 2 rings (SSSR count). The van der Waals surface area contributed by atoms with Gasteiger partial charge in [0.1, 0.15) is 0 Å². The molecule has 0 spiro atoms. The molecule has 1 fully saturated rings. The van der Waals surface area contributed by atoms with Crippen molar-refractivity contribution in [3.8, 4) is 6.07 Å². The first kappa shape index (κ1) is 11.1. The maximum absolute atomic E-state index is 9.33. The van der Waals surface area contributed by atoms with Crippen molar-refractivity contribution in [3.05, 3.63) is 30.1 Å². The second-order valence-corrected chi connectivity index (χ2v) is 4.10. The van der Waals surface area contributed by atoms with E-state index < -0.39 is 11.2 Å². The van der Waals surface area contributed by atoms with E-state index in [4.69, 9.17) is 9.47 Å². The summed E-state index contributed by atoms with van der Waals surface area (Å²) < 4.78 is 10.6. The summed E-state index contributed by atoms with van der Waals surface area (Å²) in [5, 5.41) is 9.33. The van der Waals surface area contributed by atoms with Crippen LogP contribution in [-0.2, 0) is 14.9 Å². The minimum absolute atomic E-state index is 0.491. The molecule has 0 amide bonds. The van der Waals surface area contributed by atoms with Crippen LogP contribution in [0.1, 0.15) is 18.4 Å². The molecule has 0 bridgehead atoms. The molecular weight excluding hydrogens is 204 g/mol. The van der Waals surface area contributed by atoms with Gasteiger partial charge in [-0.2, -0.15) is 5.26 Å². The molecule has 4 heteroatoms. The van der Waals surface area contributed by atoms with Gasteiger partial charge in [-0.1, -0.05) is 0 Å². The van der Waals surface area contributed by atoms with Crippen LogP contribution in [0.3, 0.4) is 0 Å². The number of nitriles is 1. The molecule has 1 aliphatic carbocycles. The maximum Gasteiger partial charge on any atom is 0.171 e. The van der Waals surface area contributed by atoms with Crippen molar-refractivity contribution in [2.75, 3.05) is 14.2 Å². The summed E-state index contributed by atoms with van der Waals surface area (Å²) in [6, 6.07) is 6.11. The van der Waals surface area contributed by atoms with Gasteiger partial charge in [-0.3, -0.25) is 4.98 Å². The molecule has 1 saturated carbocycles. The summed E-state index contributed by atoms with van der Waals surface area (Å²) in [4.78, 5) is 3.96. The van der Waals surface area contributed by atoms with E-state index in [-0.39, 0.29) is 0 Å². The molecule has 0 radical (unpaired) electrons. The number of methoxy groups -OCH3 is 2. The molecule has 0 aliphatic heterocycles. The number of nitrogens with zero attached hydrogens (tertiary/aromatic N) is 2. The van der Waals surface area contributed by atoms with Gasteiger partial charge in [0, 0.05) is 39.5 Å². The molecular formula is C12H14N2O2. The SMILES string of the molecule is COC1(OC)CC(C#N)(c2ccncc2)C1. The molecule has 1 aromatic heterocycles. The van der Waals surface area contributed by atoms with Crippen molar-refractivity contribution < 1.29 is 9.47 Å². The van der Waals surface area contributed by atoms with Crippen LogP contribution in [0.4, 0.5) is 0 Å². The molecule has 1 heterocycles. The Bertz CT molecular complexity index is 399. The Morgan fingerprint density at radius 2 is 1.81 bits per heavy atom. The number of ether oxygens (including phenoxy) is 2. The third kappa shape index (κ3) is 1.49. The van der Waals surface area contributed by atoms with E-state index in [9.17, 15) is 5.26 Å². The number of hydrogen-bond acceptors (Lipinski definition) is 4. The van der Waals surface area contributed by atoms with Crippen LogP contribution in [0.25, 0.3) is 0 Å². The van der Waals surface area contributed by atoms with Gasteiger partial charge in [-0.05, 0) is 17.7 Å². The van der Waals surface area contributed by atoms with Gasteiger partial charge < -0.3 is 9.47 Å². The highest BCUT2D eigenvalue weighted by molar-refractivity contribution is 5.36. The van der Waals surface area contributed by atoms with E-state index in [1.54, 1.807) is 26.6 Å². The molecule has 0 aromatic carbocycles. The molecule has 4 nitrogen and oxygen atoms in total. The van der Waals surface area contributed by atoms with Crippen molar-refractivity contribution in [2.45, 2.75) is 24.0 Å². The predicted molar refractivity (Wildman–Crippen MR) is 57.5 cm³/mol. The molecule has 0 unspecified atom stereocenters. The number of aromatic nitrogens is 1. The maximum atomic E-state index is 9.33. The third-order valence-corrected chi connectivity index (χ3v) is 3.33. The van der Waals surface area contributed by atoms with Gasteiger partial charge in [0.15, 0.2) is 5.79 Å². The highest BCUT2D eigenvalue weighted by atomic mass is 16.7. The van der Waals surface area contributed by atoms with E-state index in [0.29, 0.717) is 12.8 Å². The molecule has 1 aromatic rings. The van der Waals surface area contributed by atoms with Crippen LogP contribution in [0.2, 0.25) is 0 Å². The fourth-order valence-corrected chi connectivity index (χ4v) is 2.26. The zero-order valence-corrected chi connectivity index (χ0v) is 9.43. The fourth-order valence-electron chi connectivity index (χ4n) is 2.26. The Balaban J connectivity index is 2.25. The first-order chi connectivity index (χ1) is 7.70. The molecule has 1 aliphatic rings. The van der Waals surface area contributed by atoms with Gasteiger partial charge in [0.2, 0.25) is 0 Å². The lowest BCUT2D eigenvalue weighted by Gasteiger charge is -2.50. The summed E-state index contributed by atoms with van der Waals surface area (Å²) in [6.07, 6.45) is 4.53. The lowest BCUT2D eigenvalue weighted by atomic mass is 9.61. The van der Waals surface area contributed by atoms with Gasteiger partial charge in [0.25, 0.3) is 0 Å². The molecule has 16 heavy (non-hydrogen) atoms. The minimum atomic E-state index is -0.598. The summed E-state index contributed by atoms with van der Waals surface area (Å²) >= 11 is 0. The molecule has 0 N–H and O–H groups in total. The zero-order chi connectivity index (χ0) is 11.6. The standard InChI is InChI=1S/C12H14N2O2/c1-15-12(16-2)7-11(8-12,9-13)10-3-5-14-6-4-10/h3-6H,7-8H2,1-2H3. The van der Waals surface area contributed by atoms with Crippen molar-refractivity contribution in [2.24, 2.45) is 0 Å². The van der Waals surface area contributed by atoms with Crippen LogP contribution >= 0.6 is 0 Å². The fraction of sp³-hybridized carbons (Fsp3) is 0.500.